The first-order valence-electron chi connectivity index (χ1n) is 6.31. The highest BCUT2D eigenvalue weighted by atomic mass is 16.8. The first-order valence-corrected chi connectivity index (χ1v) is 6.31. The molecule has 6 heteroatoms. The van der Waals surface area contributed by atoms with Gasteiger partial charge in [-0.2, -0.15) is 4.98 Å². The molecule has 2 heterocycles. The number of nitrogens with zero attached hydrogens (tertiary/aromatic N) is 2. The van der Waals surface area contributed by atoms with Crippen LogP contribution in [0.2, 0.25) is 0 Å². The number of nitrogen functional groups attached to an aromatic ring is 1. The second-order valence-corrected chi connectivity index (χ2v) is 4.37. The zero-order valence-electron chi connectivity index (χ0n) is 10.6. The number of unbranched alkanes of at least 4 members (excludes halogenated alkanes) is 2. The average molecular weight is 253 g/mol. The van der Waals surface area contributed by atoms with Gasteiger partial charge in [-0.25, -0.2) is 9.36 Å². The minimum absolute atomic E-state index is 0.206. The molecular weight excluding hydrogens is 234 g/mol. The summed E-state index contributed by atoms with van der Waals surface area (Å²) in [6.45, 7) is 3.10. The summed E-state index contributed by atoms with van der Waals surface area (Å²) in [7, 11) is 0. The van der Waals surface area contributed by atoms with Crippen molar-refractivity contribution in [2.45, 2.75) is 38.5 Å². The number of nitrogens with two attached hydrogens (primary N) is 1. The lowest BCUT2D eigenvalue weighted by molar-refractivity contribution is -0.231. The van der Waals surface area contributed by atoms with E-state index in [0.717, 1.165) is 19.3 Å². The molecule has 1 saturated heterocycles. The zero-order valence-corrected chi connectivity index (χ0v) is 10.6. The van der Waals surface area contributed by atoms with E-state index in [4.69, 9.17) is 15.2 Å². The van der Waals surface area contributed by atoms with Crippen molar-refractivity contribution in [3.8, 4) is 0 Å². The minimum atomic E-state index is -0.993. The van der Waals surface area contributed by atoms with Gasteiger partial charge < -0.3 is 15.2 Å². The van der Waals surface area contributed by atoms with Crippen LogP contribution >= 0.6 is 0 Å². The molecule has 0 aliphatic carbocycles. The Morgan fingerprint density at radius 3 is 2.78 bits per heavy atom. The van der Waals surface area contributed by atoms with E-state index < -0.39 is 11.6 Å². The monoisotopic (exact) mass is 253 g/mol. The van der Waals surface area contributed by atoms with Gasteiger partial charge >= 0.3 is 5.69 Å². The normalized spacial score (nSPS) is 18.1. The smallest absolute Gasteiger partial charge is 0.353 e. The Morgan fingerprint density at radius 2 is 2.17 bits per heavy atom. The fraction of sp³-hybridized carbons (Fsp3) is 0.667. The van der Waals surface area contributed by atoms with Crippen LogP contribution in [0.4, 0.5) is 5.82 Å². The molecule has 2 N–H and O–H groups in total. The SMILES string of the molecule is CCCCCC1(n2ccc(N)nc2=O)OCCO1. The Kier molecular flexibility index (Phi) is 3.98. The molecule has 0 unspecified atom stereocenters. The summed E-state index contributed by atoms with van der Waals surface area (Å²) >= 11 is 0. The highest BCUT2D eigenvalue weighted by Crippen LogP contribution is 2.29. The minimum Gasteiger partial charge on any atom is -0.383 e. The molecule has 0 amide bonds. The maximum Gasteiger partial charge on any atom is 0.353 e. The van der Waals surface area contributed by atoms with Gasteiger partial charge in [0.2, 0.25) is 0 Å². The number of aromatic nitrogens is 2. The molecule has 2 rings (SSSR count). The third-order valence-corrected chi connectivity index (χ3v) is 3.03. The van der Waals surface area contributed by atoms with Crippen LogP contribution in [-0.4, -0.2) is 22.8 Å². The highest BCUT2D eigenvalue weighted by molar-refractivity contribution is 5.23. The Bertz CT molecular complexity index is 452. The standard InChI is InChI=1S/C12H19N3O3/c1-2-3-4-6-12(17-8-9-18-12)15-7-5-10(13)14-11(15)16/h5,7H,2-4,6,8-9H2,1H3,(H2,13,14,16). The van der Waals surface area contributed by atoms with Gasteiger partial charge in [-0.05, 0) is 12.5 Å². The second-order valence-electron chi connectivity index (χ2n) is 4.37. The summed E-state index contributed by atoms with van der Waals surface area (Å²) in [6.07, 6.45) is 5.35. The largest absolute Gasteiger partial charge is 0.383 e. The summed E-state index contributed by atoms with van der Waals surface area (Å²) in [5.74, 6) is -0.787. The summed E-state index contributed by atoms with van der Waals surface area (Å²) in [6, 6.07) is 1.58. The molecule has 0 atom stereocenters. The lowest BCUT2D eigenvalue weighted by atomic mass is 10.1. The van der Waals surface area contributed by atoms with Crippen LogP contribution in [0.1, 0.15) is 32.6 Å². The molecule has 100 valence electrons. The zero-order chi connectivity index (χ0) is 13.0. The quantitative estimate of drug-likeness (QED) is 0.794. The maximum atomic E-state index is 11.9. The van der Waals surface area contributed by atoms with Gasteiger partial charge in [0, 0.05) is 12.6 Å². The maximum absolute atomic E-state index is 11.9. The Balaban J connectivity index is 2.26. The van der Waals surface area contributed by atoms with Crippen molar-refractivity contribution in [3.63, 3.8) is 0 Å². The van der Waals surface area contributed by atoms with Crippen LogP contribution in [0.5, 0.6) is 0 Å². The van der Waals surface area contributed by atoms with Gasteiger partial charge in [0.25, 0.3) is 5.91 Å². The summed E-state index contributed by atoms with van der Waals surface area (Å²) in [5.41, 5.74) is 5.05. The van der Waals surface area contributed by atoms with E-state index in [1.54, 1.807) is 12.3 Å². The second kappa shape index (κ2) is 5.49. The predicted octanol–water partition coefficient (Wildman–Crippen LogP) is 1.06. The molecule has 1 aliphatic heterocycles. The summed E-state index contributed by atoms with van der Waals surface area (Å²) in [5, 5.41) is 0. The molecule has 0 bridgehead atoms. The number of anilines is 1. The van der Waals surface area contributed by atoms with Crippen LogP contribution < -0.4 is 11.4 Å². The molecule has 18 heavy (non-hydrogen) atoms. The molecule has 1 aromatic heterocycles. The van der Waals surface area contributed by atoms with Gasteiger partial charge in [-0.1, -0.05) is 19.8 Å². The Morgan fingerprint density at radius 1 is 1.44 bits per heavy atom. The third-order valence-electron chi connectivity index (χ3n) is 3.03. The van der Waals surface area contributed by atoms with Gasteiger partial charge in [-0.15, -0.1) is 0 Å². The van der Waals surface area contributed by atoms with Crippen LogP contribution in [0.25, 0.3) is 0 Å². The Hall–Kier alpha value is -1.40. The van der Waals surface area contributed by atoms with Crippen LogP contribution in [0.3, 0.4) is 0 Å². The number of hydrogen-bond donors (Lipinski definition) is 1. The fourth-order valence-corrected chi connectivity index (χ4v) is 2.12. The third kappa shape index (κ3) is 2.54. The van der Waals surface area contributed by atoms with Crippen molar-refractivity contribution in [1.29, 1.82) is 0 Å². The molecular formula is C12H19N3O3. The van der Waals surface area contributed by atoms with E-state index in [0.29, 0.717) is 19.6 Å². The molecule has 0 saturated carbocycles. The van der Waals surface area contributed by atoms with Crippen LogP contribution in [0, 0.1) is 0 Å². The molecule has 0 aromatic carbocycles. The van der Waals surface area contributed by atoms with Crippen molar-refractivity contribution >= 4 is 5.82 Å². The van der Waals surface area contributed by atoms with E-state index in [-0.39, 0.29) is 5.82 Å². The van der Waals surface area contributed by atoms with E-state index in [1.165, 1.54) is 4.57 Å². The van der Waals surface area contributed by atoms with Crippen LogP contribution in [-0.2, 0) is 15.4 Å². The van der Waals surface area contributed by atoms with Gasteiger partial charge in [0.05, 0.1) is 13.2 Å². The highest BCUT2D eigenvalue weighted by Gasteiger charge is 2.39. The summed E-state index contributed by atoms with van der Waals surface area (Å²) < 4.78 is 12.7. The molecule has 1 fully saturated rings. The Labute approximate surface area is 106 Å². The van der Waals surface area contributed by atoms with Crippen LogP contribution in [0.15, 0.2) is 17.1 Å². The van der Waals surface area contributed by atoms with Crippen molar-refractivity contribution < 1.29 is 9.47 Å². The van der Waals surface area contributed by atoms with E-state index >= 15 is 0 Å². The molecule has 1 aliphatic rings. The first kappa shape index (κ1) is 13.0. The van der Waals surface area contributed by atoms with Gasteiger partial charge in [0.1, 0.15) is 5.82 Å². The first-order chi connectivity index (χ1) is 8.68. The predicted molar refractivity (Wildman–Crippen MR) is 66.9 cm³/mol. The van der Waals surface area contributed by atoms with Crippen molar-refractivity contribution in [1.82, 2.24) is 9.55 Å². The number of rotatable bonds is 5. The number of hydrogen-bond acceptors (Lipinski definition) is 5. The molecule has 0 radical (unpaired) electrons. The van der Waals surface area contributed by atoms with Crippen molar-refractivity contribution in [2.75, 3.05) is 18.9 Å². The van der Waals surface area contributed by atoms with Gasteiger partial charge in [-0.3, -0.25) is 0 Å². The van der Waals surface area contributed by atoms with E-state index in [1.807, 2.05) is 0 Å². The lowest BCUT2D eigenvalue weighted by Gasteiger charge is -2.28. The van der Waals surface area contributed by atoms with Crippen molar-refractivity contribution in [2.24, 2.45) is 0 Å². The molecule has 6 nitrogen and oxygen atoms in total. The van der Waals surface area contributed by atoms with E-state index in [9.17, 15) is 4.79 Å². The number of ether oxygens (including phenoxy) is 2. The summed E-state index contributed by atoms with van der Waals surface area (Å²) in [4.78, 5) is 15.6. The lowest BCUT2D eigenvalue weighted by Crippen LogP contribution is -2.43. The molecule has 1 aromatic rings. The topological polar surface area (TPSA) is 79.4 Å². The average Bonchev–Trinajstić information content (AvgIpc) is 2.79. The van der Waals surface area contributed by atoms with Crippen molar-refractivity contribution in [3.05, 3.63) is 22.7 Å². The van der Waals surface area contributed by atoms with Gasteiger partial charge in [0.15, 0.2) is 0 Å². The fourth-order valence-electron chi connectivity index (χ4n) is 2.12. The molecule has 0 spiro atoms. The van der Waals surface area contributed by atoms with E-state index in [2.05, 4.69) is 11.9 Å².